The standard InChI is InChI=1S/C13H24N2O3Si/c1-6-18-13(16)12-11(2)9-15(14-12)10-17-7-8-19(3,4)5/h9H,6-8,10H2,1-5H3. The average Bonchev–Trinajstić information content (AvgIpc) is 2.65. The van der Waals surface area contributed by atoms with Crippen molar-refractivity contribution in [1.82, 2.24) is 9.78 Å². The molecule has 5 nitrogen and oxygen atoms in total. The molecule has 0 aliphatic heterocycles. The van der Waals surface area contributed by atoms with E-state index in [9.17, 15) is 4.79 Å². The zero-order valence-corrected chi connectivity index (χ0v) is 13.5. The van der Waals surface area contributed by atoms with Gasteiger partial charge in [0.2, 0.25) is 0 Å². The van der Waals surface area contributed by atoms with Crippen LogP contribution in [-0.4, -0.2) is 37.0 Å². The van der Waals surface area contributed by atoms with Crippen LogP contribution in [0.4, 0.5) is 0 Å². The van der Waals surface area contributed by atoms with E-state index in [0.717, 1.165) is 18.2 Å². The van der Waals surface area contributed by atoms with Gasteiger partial charge in [-0.15, -0.1) is 0 Å². The molecule has 1 heterocycles. The minimum Gasteiger partial charge on any atom is -0.461 e. The summed E-state index contributed by atoms with van der Waals surface area (Å²) >= 11 is 0. The number of carbonyl (C=O) groups excluding carboxylic acids is 1. The second-order valence-corrected chi connectivity index (χ2v) is 11.4. The molecule has 0 fully saturated rings. The Balaban J connectivity index is 2.48. The largest absolute Gasteiger partial charge is 0.461 e. The van der Waals surface area contributed by atoms with Gasteiger partial charge in [0.05, 0.1) is 6.61 Å². The molecule has 0 aliphatic rings. The highest BCUT2D eigenvalue weighted by Crippen LogP contribution is 2.09. The second-order valence-electron chi connectivity index (χ2n) is 5.77. The first-order valence-corrected chi connectivity index (χ1v) is 10.3. The SMILES string of the molecule is CCOC(=O)c1nn(COCC[Si](C)(C)C)cc1C. The topological polar surface area (TPSA) is 53.3 Å². The number of esters is 1. The number of hydrogen-bond acceptors (Lipinski definition) is 4. The van der Waals surface area contributed by atoms with Crippen LogP contribution in [0.25, 0.3) is 0 Å². The molecule has 0 aromatic carbocycles. The maximum absolute atomic E-state index is 11.6. The highest BCUT2D eigenvalue weighted by Gasteiger charge is 2.15. The lowest BCUT2D eigenvalue weighted by atomic mass is 10.3. The first kappa shape index (κ1) is 15.9. The molecule has 108 valence electrons. The number of hydrogen-bond donors (Lipinski definition) is 0. The van der Waals surface area contributed by atoms with Crippen molar-refractivity contribution >= 4 is 14.0 Å². The van der Waals surface area contributed by atoms with Crippen molar-refractivity contribution in [3.63, 3.8) is 0 Å². The zero-order valence-electron chi connectivity index (χ0n) is 12.5. The predicted octanol–water partition coefficient (Wildman–Crippen LogP) is 2.68. The lowest BCUT2D eigenvalue weighted by molar-refractivity contribution is 0.0510. The maximum Gasteiger partial charge on any atom is 0.359 e. The number of nitrogens with zero attached hydrogens (tertiary/aromatic N) is 2. The van der Waals surface area contributed by atoms with Gasteiger partial charge < -0.3 is 9.47 Å². The van der Waals surface area contributed by atoms with E-state index in [1.54, 1.807) is 17.8 Å². The van der Waals surface area contributed by atoms with Crippen molar-refractivity contribution < 1.29 is 14.3 Å². The summed E-state index contributed by atoms with van der Waals surface area (Å²) in [6, 6.07) is 1.12. The van der Waals surface area contributed by atoms with Gasteiger partial charge in [0.1, 0.15) is 6.73 Å². The Hall–Kier alpha value is -1.14. The van der Waals surface area contributed by atoms with Crippen LogP contribution in [0.1, 0.15) is 23.0 Å². The zero-order chi connectivity index (χ0) is 14.5. The van der Waals surface area contributed by atoms with Crippen LogP contribution in [0.15, 0.2) is 6.20 Å². The van der Waals surface area contributed by atoms with Crippen LogP contribution in [0.5, 0.6) is 0 Å². The molecule has 1 rings (SSSR count). The van der Waals surface area contributed by atoms with Crippen LogP contribution in [0.3, 0.4) is 0 Å². The Morgan fingerprint density at radius 2 is 2.11 bits per heavy atom. The van der Waals surface area contributed by atoms with Crippen LogP contribution in [-0.2, 0) is 16.2 Å². The summed E-state index contributed by atoms with van der Waals surface area (Å²) in [6.45, 7) is 12.0. The lowest BCUT2D eigenvalue weighted by Gasteiger charge is -2.15. The van der Waals surface area contributed by atoms with Gasteiger partial charge in [-0.2, -0.15) is 5.10 Å². The first-order valence-electron chi connectivity index (χ1n) is 6.62. The second kappa shape index (κ2) is 6.86. The number of rotatable bonds is 7. The third kappa shape index (κ3) is 5.57. The summed E-state index contributed by atoms with van der Waals surface area (Å²) < 4.78 is 12.2. The molecule has 1 aromatic rings. The highest BCUT2D eigenvalue weighted by molar-refractivity contribution is 6.76. The third-order valence-corrected chi connectivity index (χ3v) is 4.34. The minimum absolute atomic E-state index is 0.359. The number of aromatic nitrogens is 2. The molecule has 0 aliphatic carbocycles. The molecule has 0 saturated heterocycles. The molecule has 0 amide bonds. The Bertz CT molecular complexity index is 424. The van der Waals surface area contributed by atoms with E-state index in [-0.39, 0.29) is 5.97 Å². The summed E-state index contributed by atoms with van der Waals surface area (Å²) in [5.41, 5.74) is 1.18. The van der Waals surface area contributed by atoms with Crippen molar-refractivity contribution in [3.8, 4) is 0 Å². The Morgan fingerprint density at radius 3 is 2.68 bits per heavy atom. The fourth-order valence-corrected chi connectivity index (χ4v) is 2.28. The number of carbonyl (C=O) groups is 1. The summed E-state index contributed by atoms with van der Waals surface area (Å²) in [4.78, 5) is 11.6. The van der Waals surface area contributed by atoms with E-state index in [4.69, 9.17) is 9.47 Å². The van der Waals surface area contributed by atoms with E-state index in [0.29, 0.717) is 19.0 Å². The molecule has 0 saturated carbocycles. The molecule has 6 heteroatoms. The maximum atomic E-state index is 11.6. The Morgan fingerprint density at radius 1 is 1.42 bits per heavy atom. The Labute approximate surface area is 115 Å². The fraction of sp³-hybridized carbons (Fsp3) is 0.692. The summed E-state index contributed by atoms with van der Waals surface area (Å²) in [6.07, 6.45) is 1.81. The van der Waals surface area contributed by atoms with E-state index in [1.807, 2.05) is 6.92 Å². The smallest absolute Gasteiger partial charge is 0.359 e. The van der Waals surface area contributed by atoms with Crippen molar-refractivity contribution in [2.45, 2.75) is 46.3 Å². The number of aryl methyl sites for hydroxylation is 1. The van der Waals surface area contributed by atoms with Crippen LogP contribution in [0, 0.1) is 6.92 Å². The third-order valence-electron chi connectivity index (χ3n) is 2.63. The molecule has 0 radical (unpaired) electrons. The van der Waals surface area contributed by atoms with Gasteiger partial charge in [-0.3, -0.25) is 0 Å². The van der Waals surface area contributed by atoms with Crippen molar-refractivity contribution in [2.24, 2.45) is 0 Å². The molecule has 0 bridgehead atoms. The molecule has 0 atom stereocenters. The number of ether oxygens (including phenoxy) is 2. The van der Waals surface area contributed by atoms with Crippen molar-refractivity contribution in [1.29, 1.82) is 0 Å². The first-order chi connectivity index (χ1) is 8.83. The molecule has 1 aromatic heterocycles. The van der Waals surface area contributed by atoms with Gasteiger partial charge in [-0.25, -0.2) is 9.48 Å². The van der Waals surface area contributed by atoms with Crippen LogP contribution < -0.4 is 0 Å². The van der Waals surface area contributed by atoms with Gasteiger partial charge in [0.25, 0.3) is 0 Å². The van der Waals surface area contributed by atoms with Gasteiger partial charge in [-0.05, 0) is 19.9 Å². The molecular weight excluding hydrogens is 260 g/mol. The quantitative estimate of drug-likeness (QED) is 0.439. The van der Waals surface area contributed by atoms with Crippen molar-refractivity contribution in [2.75, 3.05) is 13.2 Å². The highest BCUT2D eigenvalue weighted by atomic mass is 28.3. The summed E-state index contributed by atoms with van der Waals surface area (Å²) in [5, 5.41) is 4.19. The molecule has 19 heavy (non-hydrogen) atoms. The summed E-state index contributed by atoms with van der Waals surface area (Å²) in [5.74, 6) is -0.374. The predicted molar refractivity (Wildman–Crippen MR) is 77.0 cm³/mol. The molecule has 0 spiro atoms. The van der Waals surface area contributed by atoms with E-state index >= 15 is 0 Å². The van der Waals surface area contributed by atoms with Crippen LogP contribution >= 0.6 is 0 Å². The van der Waals surface area contributed by atoms with Gasteiger partial charge in [-0.1, -0.05) is 19.6 Å². The van der Waals surface area contributed by atoms with Crippen molar-refractivity contribution in [3.05, 3.63) is 17.5 Å². The van der Waals surface area contributed by atoms with Gasteiger partial charge >= 0.3 is 5.97 Å². The molecular formula is C13H24N2O3Si. The van der Waals surface area contributed by atoms with Gasteiger partial charge in [0, 0.05) is 26.4 Å². The fourth-order valence-electron chi connectivity index (χ4n) is 1.52. The van der Waals surface area contributed by atoms with Crippen LogP contribution in [0.2, 0.25) is 25.7 Å². The molecule has 0 unspecified atom stereocenters. The van der Waals surface area contributed by atoms with Gasteiger partial charge in [0.15, 0.2) is 5.69 Å². The summed E-state index contributed by atoms with van der Waals surface area (Å²) in [7, 11) is -1.06. The Kier molecular flexibility index (Phi) is 5.75. The lowest BCUT2D eigenvalue weighted by Crippen LogP contribution is -2.22. The van der Waals surface area contributed by atoms with E-state index < -0.39 is 8.07 Å². The molecule has 0 N–H and O–H groups in total. The van der Waals surface area contributed by atoms with E-state index in [2.05, 4.69) is 24.7 Å². The average molecular weight is 284 g/mol. The minimum atomic E-state index is -1.06. The van der Waals surface area contributed by atoms with E-state index in [1.165, 1.54) is 0 Å². The monoisotopic (exact) mass is 284 g/mol. The normalized spacial score (nSPS) is 11.6.